The maximum Gasteiger partial charge on any atom is 0.473 e. The summed E-state index contributed by atoms with van der Waals surface area (Å²) in [6, 6.07) is 0. The lowest BCUT2D eigenvalue weighted by molar-refractivity contribution is -0.0764. The minimum Gasteiger partial charge on any atom is -0.384 e. The van der Waals surface area contributed by atoms with E-state index >= 15 is 0 Å². The van der Waals surface area contributed by atoms with Crippen LogP contribution in [0.2, 0.25) is 0 Å². The van der Waals surface area contributed by atoms with E-state index in [0.717, 1.165) is 0 Å². The molecule has 4 heterocycles. The lowest BCUT2D eigenvalue weighted by Crippen LogP contribution is -2.47. The number of hydrogen-bond donors (Lipinski definition) is 3. The molecule has 6 atom stereocenters. The van der Waals surface area contributed by atoms with Gasteiger partial charge in [-0.1, -0.05) is 0 Å². The monoisotopic (exact) mass is 355 g/mol. The molecule has 0 aromatic carbocycles. The third-order valence-electron chi connectivity index (χ3n) is 4.86. The molecular formula is C12H14N5O6P. The molecule has 1 spiro atoms. The zero-order chi connectivity index (χ0) is 16.9. The molecule has 1 aliphatic carbocycles. The Kier molecular flexibility index (Phi) is 2.53. The molecule has 2 aromatic rings. The molecular weight excluding hydrogens is 341 g/mol. The number of imidazole rings is 1. The number of aromatic nitrogens is 4. The number of hydrogen-bond acceptors (Lipinski definition) is 9. The number of anilines is 1. The molecule has 0 radical (unpaired) electrons. The Morgan fingerprint density at radius 1 is 1.46 bits per heavy atom. The van der Waals surface area contributed by atoms with E-state index in [9.17, 15) is 14.6 Å². The molecule has 2 unspecified atom stereocenters. The summed E-state index contributed by atoms with van der Waals surface area (Å²) in [7, 11) is -4.22. The average Bonchev–Trinajstić information content (AvgIpc) is 2.91. The Bertz CT molecular complexity index is 916. The van der Waals surface area contributed by atoms with Gasteiger partial charge in [-0.25, -0.2) is 19.0 Å². The van der Waals surface area contributed by atoms with E-state index in [1.54, 1.807) is 0 Å². The van der Waals surface area contributed by atoms with Crippen molar-refractivity contribution in [2.45, 2.75) is 42.9 Å². The van der Waals surface area contributed by atoms with Crippen LogP contribution in [-0.2, 0) is 18.3 Å². The second-order valence-corrected chi connectivity index (χ2v) is 7.85. The summed E-state index contributed by atoms with van der Waals surface area (Å²) in [6.07, 6.45) is 0.618. The van der Waals surface area contributed by atoms with Crippen LogP contribution >= 0.6 is 7.82 Å². The predicted octanol–water partition coefficient (Wildman–Crippen LogP) is -0.444. The van der Waals surface area contributed by atoms with E-state index in [1.807, 2.05) is 0 Å². The van der Waals surface area contributed by atoms with E-state index in [4.69, 9.17) is 19.5 Å². The van der Waals surface area contributed by atoms with Crippen molar-refractivity contribution in [3.8, 4) is 0 Å². The number of phosphoric acid groups is 1. The molecule has 3 fully saturated rings. The van der Waals surface area contributed by atoms with Gasteiger partial charge in [-0.05, 0) is 6.92 Å². The van der Waals surface area contributed by atoms with E-state index in [1.165, 1.54) is 24.0 Å². The summed E-state index contributed by atoms with van der Waals surface area (Å²) >= 11 is 0. The van der Waals surface area contributed by atoms with Gasteiger partial charge < -0.3 is 20.5 Å². The fraction of sp³-hybridized carbons (Fsp3) is 0.583. The topological polar surface area (TPSA) is 154 Å². The van der Waals surface area contributed by atoms with E-state index < -0.39 is 37.3 Å². The van der Waals surface area contributed by atoms with Crippen molar-refractivity contribution in [3.05, 3.63) is 18.2 Å². The maximum absolute atomic E-state index is 11.8. The Morgan fingerprint density at radius 3 is 3.04 bits per heavy atom. The molecule has 11 nitrogen and oxygen atoms in total. The summed E-state index contributed by atoms with van der Waals surface area (Å²) in [5.41, 5.74) is 4.00. The lowest BCUT2D eigenvalue weighted by atomic mass is 9.90. The van der Waals surface area contributed by atoms with Crippen LogP contribution in [0.4, 0.5) is 5.82 Å². The number of nitrogens with two attached hydrogens (primary N) is 1. The Hall–Kier alpha value is -1.62. The summed E-state index contributed by atoms with van der Waals surface area (Å²) < 4.78 is 29.4. The standard InChI is InChI=1S/C12H14N5O6P/c1-11(18)7(5-3-14-9-8(13)15-4-16-17(5)9)21-12-2-6(12)22-24(19,20)23-10(11)12/h3-4,6-7,10,18H,2H2,1H3,(H,19,20)(H2,13,15,16)/t6?,7-,10-,11-,12-/m0/s1. The van der Waals surface area contributed by atoms with Crippen LogP contribution in [-0.4, -0.2) is 53.0 Å². The number of ether oxygens (including phenoxy) is 1. The lowest BCUT2D eigenvalue weighted by Gasteiger charge is -2.33. The van der Waals surface area contributed by atoms with Crippen LogP contribution in [0.5, 0.6) is 0 Å². The van der Waals surface area contributed by atoms with Crippen LogP contribution in [0.15, 0.2) is 12.5 Å². The van der Waals surface area contributed by atoms with Crippen molar-refractivity contribution in [2.75, 3.05) is 5.73 Å². The third kappa shape index (κ3) is 1.69. The normalized spacial score (nSPS) is 46.7. The molecule has 128 valence electrons. The van der Waals surface area contributed by atoms with Gasteiger partial charge in [0.2, 0.25) is 0 Å². The number of aliphatic hydroxyl groups is 1. The smallest absolute Gasteiger partial charge is 0.384 e. The number of phosphoric ester groups is 1. The van der Waals surface area contributed by atoms with Gasteiger partial charge in [0, 0.05) is 6.42 Å². The first kappa shape index (κ1) is 14.7. The van der Waals surface area contributed by atoms with Gasteiger partial charge in [0.05, 0.1) is 11.9 Å². The van der Waals surface area contributed by atoms with Gasteiger partial charge in [-0.3, -0.25) is 9.05 Å². The van der Waals surface area contributed by atoms with Crippen molar-refractivity contribution in [2.24, 2.45) is 0 Å². The Balaban J connectivity index is 1.63. The predicted molar refractivity (Wildman–Crippen MR) is 76.6 cm³/mol. The van der Waals surface area contributed by atoms with Crippen LogP contribution in [0.3, 0.4) is 0 Å². The Morgan fingerprint density at radius 2 is 2.25 bits per heavy atom. The van der Waals surface area contributed by atoms with Gasteiger partial charge in [0.15, 0.2) is 11.5 Å². The van der Waals surface area contributed by atoms with E-state index in [2.05, 4.69) is 15.1 Å². The Labute approximate surface area is 135 Å². The highest BCUT2D eigenvalue weighted by molar-refractivity contribution is 7.47. The van der Waals surface area contributed by atoms with Crippen LogP contribution in [0.25, 0.3) is 5.65 Å². The molecule has 12 heteroatoms. The molecule has 1 saturated carbocycles. The molecule has 2 saturated heterocycles. The van der Waals surface area contributed by atoms with Gasteiger partial charge in [-0.2, -0.15) is 5.10 Å². The first-order chi connectivity index (χ1) is 11.2. The van der Waals surface area contributed by atoms with E-state index in [0.29, 0.717) is 17.8 Å². The highest BCUT2D eigenvalue weighted by Gasteiger charge is 2.79. The van der Waals surface area contributed by atoms with Crippen molar-refractivity contribution in [1.82, 2.24) is 19.6 Å². The zero-order valence-electron chi connectivity index (χ0n) is 12.4. The summed E-state index contributed by atoms with van der Waals surface area (Å²) in [5, 5.41) is 15.1. The second-order valence-electron chi connectivity index (χ2n) is 6.49. The van der Waals surface area contributed by atoms with Crippen molar-refractivity contribution in [3.63, 3.8) is 0 Å². The SMILES string of the molecule is C[C@]1(O)[C@H](c2cnc3c(N)ncnn23)O[C@@]23CC2OP(=O)(O)O[C@@H]13. The van der Waals surface area contributed by atoms with E-state index in [-0.39, 0.29) is 5.82 Å². The van der Waals surface area contributed by atoms with Crippen LogP contribution in [0, 0.1) is 0 Å². The number of nitrogen functional groups attached to an aromatic ring is 1. The van der Waals surface area contributed by atoms with Crippen LogP contribution in [0.1, 0.15) is 25.1 Å². The first-order valence-corrected chi connectivity index (χ1v) is 8.78. The van der Waals surface area contributed by atoms with Crippen molar-refractivity contribution < 1.29 is 28.3 Å². The minimum atomic E-state index is -4.22. The van der Waals surface area contributed by atoms with Crippen LogP contribution < -0.4 is 5.73 Å². The van der Waals surface area contributed by atoms with Gasteiger partial charge in [0.25, 0.3) is 0 Å². The summed E-state index contributed by atoms with van der Waals surface area (Å²) in [4.78, 5) is 17.7. The highest BCUT2D eigenvalue weighted by Crippen LogP contribution is 2.70. The number of rotatable bonds is 1. The fourth-order valence-electron chi connectivity index (χ4n) is 3.70. The minimum absolute atomic E-state index is 0.188. The molecule has 5 rings (SSSR count). The molecule has 2 aliphatic heterocycles. The quantitative estimate of drug-likeness (QED) is 0.573. The van der Waals surface area contributed by atoms with Gasteiger partial charge >= 0.3 is 7.82 Å². The third-order valence-corrected chi connectivity index (χ3v) is 5.86. The summed E-state index contributed by atoms with van der Waals surface area (Å²) in [6.45, 7) is 1.49. The van der Waals surface area contributed by atoms with Crippen molar-refractivity contribution >= 4 is 19.3 Å². The second kappa shape index (κ2) is 4.13. The maximum atomic E-state index is 11.8. The van der Waals surface area contributed by atoms with Gasteiger partial charge in [-0.15, -0.1) is 0 Å². The molecule has 0 bridgehead atoms. The molecule has 0 amide bonds. The number of nitrogens with zero attached hydrogens (tertiary/aromatic N) is 4. The number of fused-ring (bicyclic) bond motifs is 1. The van der Waals surface area contributed by atoms with Gasteiger partial charge in [0.1, 0.15) is 35.8 Å². The first-order valence-electron chi connectivity index (χ1n) is 7.28. The molecule has 3 aliphatic rings. The molecule has 24 heavy (non-hydrogen) atoms. The van der Waals surface area contributed by atoms with Crippen molar-refractivity contribution in [1.29, 1.82) is 0 Å². The largest absolute Gasteiger partial charge is 0.473 e. The molecule has 2 aromatic heterocycles. The zero-order valence-corrected chi connectivity index (χ0v) is 13.3. The summed E-state index contributed by atoms with van der Waals surface area (Å²) in [5.74, 6) is 0.188. The highest BCUT2D eigenvalue weighted by atomic mass is 31.2. The molecule has 4 N–H and O–H groups in total. The fourth-order valence-corrected chi connectivity index (χ4v) is 4.98. The average molecular weight is 355 g/mol.